The molecule has 0 heterocycles. The first-order valence-electron chi connectivity index (χ1n) is 2.21. The number of rotatable bonds is 3. The second kappa shape index (κ2) is 6.09. The van der Waals surface area contributed by atoms with Crippen LogP contribution in [0.1, 0.15) is 6.42 Å². The number of hydrogen-bond acceptors (Lipinski definition) is 3. The molecule has 0 aliphatic rings. The van der Waals surface area contributed by atoms with Gasteiger partial charge in [-0.05, 0) is 13.0 Å². The molecule has 54 valence electrons. The van der Waals surface area contributed by atoms with E-state index in [2.05, 4.69) is 0 Å². The van der Waals surface area contributed by atoms with Gasteiger partial charge in [0.1, 0.15) is 0 Å². The Morgan fingerprint density at radius 2 is 1.89 bits per heavy atom. The summed E-state index contributed by atoms with van der Waals surface area (Å²) >= 11 is 0. The van der Waals surface area contributed by atoms with E-state index in [1.807, 2.05) is 0 Å². The van der Waals surface area contributed by atoms with E-state index in [1.165, 1.54) is 0 Å². The van der Waals surface area contributed by atoms with Crippen molar-refractivity contribution >= 4 is 55.6 Å². The molecule has 0 aliphatic carbocycles. The Kier molecular flexibility index (Phi) is 8.78. The Labute approximate surface area is 91.8 Å². The minimum atomic E-state index is -3.77. The summed E-state index contributed by atoms with van der Waals surface area (Å²) in [5.74, 6) is -0.233. The van der Waals surface area contributed by atoms with Crippen molar-refractivity contribution in [1.82, 2.24) is 0 Å². The van der Waals surface area contributed by atoms with Gasteiger partial charge in [-0.1, -0.05) is 0 Å². The van der Waals surface area contributed by atoms with Crippen LogP contribution in [-0.4, -0.2) is 70.7 Å². The molecule has 9 heavy (non-hydrogen) atoms. The molecule has 0 unspecified atom stereocenters. The van der Waals surface area contributed by atoms with Crippen LogP contribution >= 0.6 is 0 Å². The standard InChI is InChI=1S/C3H9NO3S.Sr.2H/c4-2-1-3-8(5,6)7;;;/h1-4H2,(H,5,6,7);;;. The van der Waals surface area contributed by atoms with E-state index in [0.717, 1.165) is 0 Å². The maximum atomic E-state index is 9.89. The summed E-state index contributed by atoms with van der Waals surface area (Å²) in [5, 5.41) is 0. The summed E-state index contributed by atoms with van der Waals surface area (Å²) in [4.78, 5) is 0. The second-order valence-corrected chi connectivity index (χ2v) is 3.00. The van der Waals surface area contributed by atoms with Gasteiger partial charge in [-0.25, -0.2) is 0 Å². The Bertz CT molecular complexity index is 143. The summed E-state index contributed by atoms with van der Waals surface area (Å²) in [6, 6.07) is 0. The van der Waals surface area contributed by atoms with Crippen molar-refractivity contribution in [2.24, 2.45) is 5.73 Å². The average molecular weight is 229 g/mol. The van der Waals surface area contributed by atoms with Gasteiger partial charge < -0.3 is 5.73 Å². The summed E-state index contributed by atoms with van der Waals surface area (Å²) in [6.07, 6.45) is 0.318. The molecule has 0 radical (unpaired) electrons. The van der Waals surface area contributed by atoms with E-state index in [1.54, 1.807) is 0 Å². The Morgan fingerprint density at radius 1 is 1.44 bits per heavy atom. The van der Waals surface area contributed by atoms with Crippen LogP contribution in [-0.2, 0) is 10.1 Å². The first kappa shape index (κ1) is 13.0. The molecule has 0 aliphatic heterocycles. The number of hydrogen-bond donors (Lipinski definition) is 2. The van der Waals surface area contributed by atoms with Gasteiger partial charge in [-0.2, -0.15) is 8.42 Å². The first-order chi connectivity index (χ1) is 3.56. The molecular formula is C3H11NO3SSr. The third-order valence-electron chi connectivity index (χ3n) is 0.606. The third kappa shape index (κ3) is 12.5. The summed E-state index contributed by atoms with van der Waals surface area (Å²) in [7, 11) is -3.77. The SMILES string of the molecule is NCCCS(=O)(=O)O.[SrH2]. The van der Waals surface area contributed by atoms with Crippen molar-refractivity contribution in [2.75, 3.05) is 12.3 Å². The third-order valence-corrected chi connectivity index (χ3v) is 1.41. The van der Waals surface area contributed by atoms with Gasteiger partial charge in [-0.3, -0.25) is 4.55 Å². The average Bonchev–Trinajstić information content (AvgIpc) is 1.59. The quantitative estimate of drug-likeness (QED) is 0.446. The minimum absolute atomic E-state index is 0. The molecule has 4 nitrogen and oxygen atoms in total. The number of nitrogens with two attached hydrogens (primary N) is 1. The van der Waals surface area contributed by atoms with Gasteiger partial charge in [0.05, 0.1) is 5.75 Å². The van der Waals surface area contributed by atoms with Crippen molar-refractivity contribution in [3.05, 3.63) is 0 Å². The fraction of sp³-hybridized carbons (Fsp3) is 1.00. The molecular weight excluding hydrogens is 218 g/mol. The van der Waals surface area contributed by atoms with E-state index in [0.29, 0.717) is 13.0 Å². The second-order valence-electron chi connectivity index (χ2n) is 1.43. The van der Waals surface area contributed by atoms with E-state index in [4.69, 9.17) is 10.3 Å². The zero-order chi connectivity index (χ0) is 6.62. The Balaban J connectivity index is 0. The Morgan fingerprint density at radius 3 is 2.00 bits per heavy atom. The van der Waals surface area contributed by atoms with Crippen LogP contribution in [0.5, 0.6) is 0 Å². The molecule has 0 saturated carbocycles. The molecule has 0 atom stereocenters. The van der Waals surface area contributed by atoms with Gasteiger partial charge in [0.25, 0.3) is 10.1 Å². The molecule has 0 rings (SSSR count). The normalized spacial score (nSPS) is 10.4. The van der Waals surface area contributed by atoms with E-state index >= 15 is 0 Å². The van der Waals surface area contributed by atoms with Crippen molar-refractivity contribution < 1.29 is 13.0 Å². The van der Waals surface area contributed by atoms with Crippen LogP contribution in [0.4, 0.5) is 0 Å². The monoisotopic (exact) mass is 229 g/mol. The van der Waals surface area contributed by atoms with Crippen LogP contribution in [0, 0.1) is 0 Å². The molecule has 0 aromatic rings. The van der Waals surface area contributed by atoms with E-state index in [-0.39, 0.29) is 51.2 Å². The molecule has 0 amide bonds. The van der Waals surface area contributed by atoms with Crippen molar-refractivity contribution in [2.45, 2.75) is 6.42 Å². The van der Waals surface area contributed by atoms with Gasteiger partial charge in [0, 0.05) is 0 Å². The molecule has 0 saturated heterocycles. The zero-order valence-corrected chi connectivity index (χ0v) is 5.19. The van der Waals surface area contributed by atoms with Crippen molar-refractivity contribution in [3.63, 3.8) is 0 Å². The van der Waals surface area contributed by atoms with Gasteiger partial charge >= 0.3 is 45.5 Å². The maximum absolute atomic E-state index is 9.89. The van der Waals surface area contributed by atoms with E-state index < -0.39 is 10.1 Å². The van der Waals surface area contributed by atoms with Gasteiger partial charge in [-0.15, -0.1) is 0 Å². The van der Waals surface area contributed by atoms with Crippen LogP contribution in [0.25, 0.3) is 0 Å². The first-order valence-corrected chi connectivity index (χ1v) is 3.82. The molecule has 6 heteroatoms. The molecule has 0 aromatic heterocycles. The molecule has 0 bridgehead atoms. The van der Waals surface area contributed by atoms with Gasteiger partial charge in [0.15, 0.2) is 0 Å². The molecule has 0 aromatic carbocycles. The molecule has 0 spiro atoms. The summed E-state index contributed by atoms with van der Waals surface area (Å²) < 4.78 is 27.8. The van der Waals surface area contributed by atoms with Crippen LogP contribution in [0.15, 0.2) is 0 Å². The molecule has 3 N–H and O–H groups in total. The zero-order valence-electron chi connectivity index (χ0n) is 4.37. The van der Waals surface area contributed by atoms with Crippen molar-refractivity contribution in [1.29, 1.82) is 0 Å². The topological polar surface area (TPSA) is 80.4 Å². The van der Waals surface area contributed by atoms with Crippen LogP contribution < -0.4 is 5.73 Å². The van der Waals surface area contributed by atoms with Crippen molar-refractivity contribution in [3.8, 4) is 0 Å². The van der Waals surface area contributed by atoms with Crippen LogP contribution in [0.2, 0.25) is 0 Å². The van der Waals surface area contributed by atoms with Gasteiger partial charge in [0.2, 0.25) is 0 Å². The fourth-order valence-corrected chi connectivity index (χ4v) is 0.797. The summed E-state index contributed by atoms with van der Waals surface area (Å²) in [5.41, 5.74) is 4.96. The van der Waals surface area contributed by atoms with Crippen LogP contribution in [0.3, 0.4) is 0 Å². The van der Waals surface area contributed by atoms with E-state index in [9.17, 15) is 8.42 Å². The Hall–Kier alpha value is 1.35. The fourth-order valence-electron chi connectivity index (χ4n) is 0.266. The predicted octanol–water partition coefficient (Wildman–Crippen LogP) is -1.69. The predicted molar refractivity (Wildman–Crippen MR) is 38.6 cm³/mol. The molecule has 0 fully saturated rings. The summed E-state index contributed by atoms with van der Waals surface area (Å²) in [6.45, 7) is 0.291.